The van der Waals surface area contributed by atoms with Crippen LogP contribution < -0.4 is 10.1 Å². The molecule has 1 aromatic rings. The molecule has 1 saturated heterocycles. The highest BCUT2D eigenvalue weighted by Crippen LogP contribution is 2.23. The van der Waals surface area contributed by atoms with Gasteiger partial charge in [-0.25, -0.2) is 0 Å². The molecule has 1 fully saturated rings. The molecule has 1 aliphatic rings. The Labute approximate surface area is 133 Å². The minimum absolute atomic E-state index is 0.233. The zero-order chi connectivity index (χ0) is 15.8. The van der Waals surface area contributed by atoms with E-state index in [4.69, 9.17) is 4.74 Å². The fraction of sp³-hybridized carbons (Fsp3) is 0.588. The molecular weight excluding hydrogens is 278 g/mol. The van der Waals surface area contributed by atoms with E-state index in [1.165, 1.54) is 0 Å². The second-order valence-corrected chi connectivity index (χ2v) is 5.42. The second-order valence-electron chi connectivity index (χ2n) is 5.42. The molecule has 0 unspecified atom stereocenters. The van der Waals surface area contributed by atoms with E-state index in [-0.39, 0.29) is 5.91 Å². The largest absolute Gasteiger partial charge is 0.492 e. The van der Waals surface area contributed by atoms with Crippen LogP contribution in [0.5, 0.6) is 5.75 Å². The number of nitrogens with one attached hydrogen (secondary N) is 1. The highest BCUT2D eigenvalue weighted by atomic mass is 16.5. The predicted octanol–water partition coefficient (Wildman–Crippen LogP) is 2.05. The summed E-state index contributed by atoms with van der Waals surface area (Å²) in [5.41, 5.74) is 0.952. The van der Waals surface area contributed by atoms with Crippen molar-refractivity contribution in [2.24, 2.45) is 0 Å². The first-order valence-electron chi connectivity index (χ1n) is 8.20. The van der Waals surface area contributed by atoms with Crippen molar-refractivity contribution in [1.82, 2.24) is 9.80 Å². The monoisotopic (exact) mass is 305 g/mol. The molecule has 0 aromatic heterocycles. The van der Waals surface area contributed by atoms with Crippen molar-refractivity contribution in [1.29, 1.82) is 0 Å². The normalized spacial score (nSPS) is 15.6. The van der Waals surface area contributed by atoms with E-state index in [1.807, 2.05) is 36.1 Å². The lowest BCUT2D eigenvalue weighted by Gasteiger charge is -2.34. The average molecular weight is 305 g/mol. The Morgan fingerprint density at radius 1 is 1.18 bits per heavy atom. The van der Waals surface area contributed by atoms with Crippen LogP contribution in [0, 0.1) is 0 Å². The Hall–Kier alpha value is -1.75. The van der Waals surface area contributed by atoms with Crippen LogP contribution in [-0.2, 0) is 4.79 Å². The van der Waals surface area contributed by atoms with Crippen LogP contribution in [-0.4, -0.2) is 61.6 Å². The lowest BCUT2D eigenvalue weighted by atomic mass is 10.2. The molecule has 5 heteroatoms. The van der Waals surface area contributed by atoms with E-state index in [0.717, 1.165) is 44.2 Å². The van der Waals surface area contributed by atoms with E-state index in [0.29, 0.717) is 19.6 Å². The summed E-state index contributed by atoms with van der Waals surface area (Å²) in [4.78, 5) is 16.6. The molecule has 0 spiro atoms. The fourth-order valence-electron chi connectivity index (χ4n) is 2.67. The van der Waals surface area contributed by atoms with Gasteiger partial charge in [-0.2, -0.15) is 0 Å². The number of para-hydroxylation sites is 2. The SMILES string of the molecule is CCOc1ccccc1NCCC(=O)N1CCN(CC)CC1. The zero-order valence-corrected chi connectivity index (χ0v) is 13.7. The van der Waals surface area contributed by atoms with Crippen molar-refractivity contribution in [2.75, 3.05) is 51.2 Å². The summed E-state index contributed by atoms with van der Waals surface area (Å²) in [5, 5.41) is 3.31. The third-order valence-corrected chi connectivity index (χ3v) is 4.01. The Morgan fingerprint density at radius 2 is 1.91 bits per heavy atom. The van der Waals surface area contributed by atoms with Gasteiger partial charge in [0.2, 0.25) is 5.91 Å². The van der Waals surface area contributed by atoms with Crippen molar-refractivity contribution < 1.29 is 9.53 Å². The Morgan fingerprint density at radius 3 is 2.59 bits per heavy atom. The average Bonchev–Trinajstić information content (AvgIpc) is 2.56. The predicted molar refractivity (Wildman–Crippen MR) is 89.4 cm³/mol. The van der Waals surface area contributed by atoms with Crippen LogP contribution in [0.25, 0.3) is 0 Å². The second kappa shape index (κ2) is 8.63. The minimum Gasteiger partial charge on any atom is -0.492 e. The number of likely N-dealkylation sites (N-methyl/N-ethyl adjacent to an activating group) is 1. The molecule has 0 atom stereocenters. The maximum Gasteiger partial charge on any atom is 0.224 e. The van der Waals surface area contributed by atoms with E-state index in [9.17, 15) is 4.79 Å². The molecule has 1 heterocycles. The van der Waals surface area contributed by atoms with Gasteiger partial charge in [0.15, 0.2) is 0 Å². The van der Waals surface area contributed by atoms with Gasteiger partial charge < -0.3 is 19.9 Å². The molecule has 1 N–H and O–H groups in total. The van der Waals surface area contributed by atoms with Gasteiger partial charge in [0.05, 0.1) is 12.3 Å². The number of nitrogens with zero attached hydrogens (tertiary/aromatic N) is 2. The first kappa shape index (κ1) is 16.6. The molecule has 0 saturated carbocycles. The molecule has 2 rings (SSSR count). The number of hydrogen-bond acceptors (Lipinski definition) is 4. The topological polar surface area (TPSA) is 44.8 Å². The first-order valence-corrected chi connectivity index (χ1v) is 8.20. The lowest BCUT2D eigenvalue weighted by molar-refractivity contribution is -0.132. The number of ether oxygens (including phenoxy) is 1. The number of amides is 1. The summed E-state index contributed by atoms with van der Waals surface area (Å²) in [6.45, 7) is 10.2. The molecule has 0 bridgehead atoms. The Bertz CT molecular complexity index is 471. The van der Waals surface area contributed by atoms with Gasteiger partial charge in [-0.15, -0.1) is 0 Å². The summed E-state index contributed by atoms with van der Waals surface area (Å²) in [5.74, 6) is 1.08. The van der Waals surface area contributed by atoms with Crippen LogP contribution >= 0.6 is 0 Å². The number of hydrogen-bond donors (Lipinski definition) is 1. The number of benzene rings is 1. The number of carbonyl (C=O) groups excluding carboxylic acids is 1. The van der Waals surface area contributed by atoms with Crippen LogP contribution in [0.2, 0.25) is 0 Å². The molecule has 1 amide bonds. The zero-order valence-electron chi connectivity index (χ0n) is 13.7. The highest BCUT2D eigenvalue weighted by Gasteiger charge is 2.19. The maximum absolute atomic E-state index is 12.2. The van der Waals surface area contributed by atoms with Gasteiger partial charge in [0, 0.05) is 39.1 Å². The summed E-state index contributed by atoms with van der Waals surface area (Å²) in [7, 11) is 0. The van der Waals surface area contributed by atoms with E-state index < -0.39 is 0 Å². The van der Waals surface area contributed by atoms with Crippen LogP contribution in [0.4, 0.5) is 5.69 Å². The number of piperazine rings is 1. The van der Waals surface area contributed by atoms with Crippen LogP contribution in [0.15, 0.2) is 24.3 Å². The van der Waals surface area contributed by atoms with Crippen molar-refractivity contribution in [3.05, 3.63) is 24.3 Å². The Balaban J connectivity index is 1.75. The van der Waals surface area contributed by atoms with E-state index in [1.54, 1.807) is 0 Å². The standard InChI is InChI=1S/C17H27N3O2/c1-3-19-11-13-20(14-12-19)17(21)9-10-18-15-7-5-6-8-16(15)22-4-2/h5-8,18H,3-4,9-14H2,1-2H3. The summed E-state index contributed by atoms with van der Waals surface area (Å²) >= 11 is 0. The highest BCUT2D eigenvalue weighted by molar-refractivity contribution is 5.77. The molecule has 5 nitrogen and oxygen atoms in total. The van der Waals surface area contributed by atoms with Crippen LogP contribution in [0.3, 0.4) is 0 Å². The lowest BCUT2D eigenvalue weighted by Crippen LogP contribution is -2.48. The minimum atomic E-state index is 0.233. The molecule has 0 radical (unpaired) electrons. The Kier molecular flexibility index (Phi) is 6.52. The maximum atomic E-state index is 12.2. The van der Waals surface area contributed by atoms with Gasteiger partial charge in [0.1, 0.15) is 5.75 Å². The van der Waals surface area contributed by atoms with Crippen molar-refractivity contribution in [2.45, 2.75) is 20.3 Å². The summed E-state index contributed by atoms with van der Waals surface area (Å²) < 4.78 is 5.57. The van der Waals surface area contributed by atoms with E-state index in [2.05, 4.69) is 17.1 Å². The molecule has 22 heavy (non-hydrogen) atoms. The smallest absolute Gasteiger partial charge is 0.224 e. The number of anilines is 1. The van der Waals surface area contributed by atoms with Gasteiger partial charge in [-0.3, -0.25) is 4.79 Å². The van der Waals surface area contributed by atoms with Gasteiger partial charge in [-0.1, -0.05) is 19.1 Å². The van der Waals surface area contributed by atoms with Crippen LogP contribution in [0.1, 0.15) is 20.3 Å². The quantitative estimate of drug-likeness (QED) is 0.837. The molecule has 1 aliphatic heterocycles. The third kappa shape index (κ3) is 4.63. The third-order valence-electron chi connectivity index (χ3n) is 4.01. The van der Waals surface area contributed by atoms with Gasteiger partial charge in [-0.05, 0) is 25.6 Å². The molecular formula is C17H27N3O2. The molecule has 0 aliphatic carbocycles. The van der Waals surface area contributed by atoms with Crippen molar-refractivity contribution >= 4 is 11.6 Å². The number of carbonyl (C=O) groups is 1. The number of rotatable bonds is 7. The first-order chi connectivity index (χ1) is 10.7. The van der Waals surface area contributed by atoms with E-state index >= 15 is 0 Å². The van der Waals surface area contributed by atoms with Crippen molar-refractivity contribution in [3.63, 3.8) is 0 Å². The van der Waals surface area contributed by atoms with Gasteiger partial charge in [0.25, 0.3) is 0 Å². The van der Waals surface area contributed by atoms with Gasteiger partial charge >= 0.3 is 0 Å². The molecule has 122 valence electrons. The molecule has 1 aromatic carbocycles. The summed E-state index contributed by atoms with van der Waals surface area (Å²) in [6.07, 6.45) is 0.520. The fourth-order valence-corrected chi connectivity index (χ4v) is 2.67. The summed E-state index contributed by atoms with van der Waals surface area (Å²) in [6, 6.07) is 7.85. The van der Waals surface area contributed by atoms with Crippen molar-refractivity contribution in [3.8, 4) is 5.75 Å².